The van der Waals surface area contributed by atoms with E-state index >= 15 is 0 Å². The Labute approximate surface area is 120 Å². The predicted molar refractivity (Wildman–Crippen MR) is 79.6 cm³/mol. The molecule has 1 aliphatic heterocycles. The Bertz CT molecular complexity index is 496. The van der Waals surface area contributed by atoms with E-state index < -0.39 is 0 Å². The molecule has 2 aromatic rings. The van der Waals surface area contributed by atoms with E-state index in [0.29, 0.717) is 0 Å². The standard InChI is InChI=1S/C17H20N2O/c1-18(20)16-12-19(13-16)17(14-8-4-2-5-9-14)15-10-6-3-7-11-15/h2-11,16-17,20H,12-13H2,1H3. The van der Waals surface area contributed by atoms with Gasteiger partial charge in [-0.1, -0.05) is 60.7 Å². The van der Waals surface area contributed by atoms with Gasteiger partial charge in [-0.15, -0.1) is 0 Å². The first-order chi connectivity index (χ1) is 9.75. The van der Waals surface area contributed by atoms with Crippen LogP contribution in [0.2, 0.25) is 0 Å². The molecular weight excluding hydrogens is 248 g/mol. The third kappa shape index (κ3) is 2.61. The molecule has 1 aliphatic rings. The van der Waals surface area contributed by atoms with Crippen molar-refractivity contribution in [1.29, 1.82) is 0 Å². The van der Waals surface area contributed by atoms with Crippen molar-refractivity contribution in [2.24, 2.45) is 0 Å². The maximum absolute atomic E-state index is 9.52. The first-order valence-corrected chi connectivity index (χ1v) is 7.01. The molecule has 1 fully saturated rings. The number of benzene rings is 2. The SMILES string of the molecule is CN(O)C1CN(C(c2ccccc2)c2ccccc2)C1. The zero-order valence-electron chi connectivity index (χ0n) is 11.7. The monoisotopic (exact) mass is 268 g/mol. The van der Waals surface area contributed by atoms with Crippen molar-refractivity contribution in [1.82, 2.24) is 9.96 Å². The first kappa shape index (κ1) is 13.3. The second-order valence-electron chi connectivity index (χ2n) is 5.41. The third-order valence-electron chi connectivity index (χ3n) is 4.01. The molecule has 0 atom stereocenters. The minimum absolute atomic E-state index is 0.241. The van der Waals surface area contributed by atoms with E-state index in [0.717, 1.165) is 13.1 Å². The van der Waals surface area contributed by atoms with Crippen LogP contribution in [-0.4, -0.2) is 41.3 Å². The van der Waals surface area contributed by atoms with Gasteiger partial charge in [0.25, 0.3) is 0 Å². The molecule has 0 amide bonds. The number of nitrogens with zero attached hydrogens (tertiary/aromatic N) is 2. The summed E-state index contributed by atoms with van der Waals surface area (Å²) in [6.07, 6.45) is 0. The van der Waals surface area contributed by atoms with E-state index in [9.17, 15) is 5.21 Å². The Morgan fingerprint density at radius 3 is 1.80 bits per heavy atom. The fourth-order valence-electron chi connectivity index (χ4n) is 2.82. The van der Waals surface area contributed by atoms with Crippen molar-refractivity contribution in [3.8, 4) is 0 Å². The lowest BCUT2D eigenvalue weighted by molar-refractivity contribution is -0.149. The van der Waals surface area contributed by atoms with E-state index in [4.69, 9.17) is 0 Å². The summed E-state index contributed by atoms with van der Waals surface area (Å²) in [7, 11) is 1.72. The first-order valence-electron chi connectivity index (χ1n) is 7.01. The maximum atomic E-state index is 9.52. The number of likely N-dealkylation sites (N-methyl/N-ethyl adjacent to an activating group) is 1. The van der Waals surface area contributed by atoms with Crippen molar-refractivity contribution < 1.29 is 5.21 Å². The number of hydroxylamine groups is 2. The van der Waals surface area contributed by atoms with Gasteiger partial charge in [0.2, 0.25) is 0 Å². The van der Waals surface area contributed by atoms with Crippen molar-refractivity contribution in [3.63, 3.8) is 0 Å². The Kier molecular flexibility index (Phi) is 3.83. The molecule has 0 unspecified atom stereocenters. The quantitative estimate of drug-likeness (QED) is 0.864. The molecule has 0 aliphatic carbocycles. The molecular formula is C17H20N2O. The van der Waals surface area contributed by atoms with Crippen LogP contribution in [0, 0.1) is 0 Å². The molecule has 0 bridgehead atoms. The summed E-state index contributed by atoms with van der Waals surface area (Å²) in [5, 5.41) is 10.8. The average molecular weight is 268 g/mol. The van der Waals surface area contributed by atoms with Gasteiger partial charge in [0.1, 0.15) is 0 Å². The second kappa shape index (κ2) is 5.75. The molecule has 104 valence electrons. The highest BCUT2D eigenvalue weighted by Gasteiger charge is 2.35. The summed E-state index contributed by atoms with van der Waals surface area (Å²) in [5.41, 5.74) is 2.61. The van der Waals surface area contributed by atoms with Crippen LogP contribution in [0.3, 0.4) is 0 Å². The molecule has 3 rings (SSSR count). The third-order valence-corrected chi connectivity index (χ3v) is 4.01. The predicted octanol–water partition coefficient (Wildman–Crippen LogP) is 2.78. The molecule has 0 radical (unpaired) electrons. The number of hydrogen-bond donors (Lipinski definition) is 1. The maximum Gasteiger partial charge on any atom is 0.0602 e. The van der Waals surface area contributed by atoms with Gasteiger partial charge in [-0.05, 0) is 11.1 Å². The van der Waals surface area contributed by atoms with Crippen LogP contribution in [0.1, 0.15) is 17.2 Å². The molecule has 1 saturated heterocycles. The van der Waals surface area contributed by atoms with Gasteiger partial charge in [-0.3, -0.25) is 4.90 Å². The van der Waals surface area contributed by atoms with Crippen LogP contribution < -0.4 is 0 Å². The summed E-state index contributed by atoms with van der Waals surface area (Å²) in [4.78, 5) is 2.40. The van der Waals surface area contributed by atoms with Crippen molar-refractivity contribution >= 4 is 0 Å². The molecule has 2 aromatic carbocycles. The Hall–Kier alpha value is -1.68. The van der Waals surface area contributed by atoms with E-state index in [2.05, 4.69) is 53.4 Å². The van der Waals surface area contributed by atoms with E-state index in [1.165, 1.54) is 16.2 Å². The summed E-state index contributed by atoms with van der Waals surface area (Å²) in [6.45, 7) is 1.78. The molecule has 0 spiro atoms. The second-order valence-corrected chi connectivity index (χ2v) is 5.41. The van der Waals surface area contributed by atoms with E-state index in [1.54, 1.807) is 7.05 Å². The van der Waals surface area contributed by atoms with Gasteiger partial charge in [0.15, 0.2) is 0 Å². The van der Waals surface area contributed by atoms with Crippen LogP contribution in [0.4, 0.5) is 0 Å². The summed E-state index contributed by atoms with van der Waals surface area (Å²) < 4.78 is 0. The lowest BCUT2D eigenvalue weighted by Crippen LogP contribution is -2.58. The molecule has 0 aromatic heterocycles. The van der Waals surface area contributed by atoms with Crippen LogP contribution in [0.25, 0.3) is 0 Å². The summed E-state index contributed by atoms with van der Waals surface area (Å²) >= 11 is 0. The number of hydrogen-bond acceptors (Lipinski definition) is 3. The van der Waals surface area contributed by atoms with Gasteiger partial charge >= 0.3 is 0 Å². The van der Waals surface area contributed by atoms with Gasteiger partial charge in [-0.25, -0.2) is 0 Å². The molecule has 1 N–H and O–H groups in total. The molecule has 0 saturated carbocycles. The van der Waals surface area contributed by atoms with Crippen LogP contribution in [0.15, 0.2) is 60.7 Å². The number of rotatable bonds is 4. The fraction of sp³-hybridized carbons (Fsp3) is 0.294. The topological polar surface area (TPSA) is 26.7 Å². The van der Waals surface area contributed by atoms with Crippen molar-refractivity contribution in [2.75, 3.05) is 20.1 Å². The van der Waals surface area contributed by atoms with Crippen LogP contribution >= 0.6 is 0 Å². The lowest BCUT2D eigenvalue weighted by Gasteiger charge is -2.46. The molecule has 20 heavy (non-hydrogen) atoms. The fourth-order valence-corrected chi connectivity index (χ4v) is 2.82. The number of likely N-dealkylation sites (tertiary alicyclic amines) is 1. The van der Waals surface area contributed by atoms with Gasteiger partial charge < -0.3 is 5.21 Å². The summed E-state index contributed by atoms with van der Waals surface area (Å²) in [6, 6.07) is 21.6. The van der Waals surface area contributed by atoms with Crippen molar-refractivity contribution in [3.05, 3.63) is 71.8 Å². The van der Waals surface area contributed by atoms with Crippen LogP contribution in [0.5, 0.6) is 0 Å². The normalized spacial score (nSPS) is 16.6. The van der Waals surface area contributed by atoms with E-state index in [1.807, 2.05) is 12.1 Å². The zero-order valence-corrected chi connectivity index (χ0v) is 11.7. The highest BCUT2D eigenvalue weighted by atomic mass is 16.5. The largest absolute Gasteiger partial charge is 0.314 e. The highest BCUT2D eigenvalue weighted by molar-refractivity contribution is 5.32. The van der Waals surface area contributed by atoms with Gasteiger partial charge in [0.05, 0.1) is 12.1 Å². The average Bonchev–Trinajstić information content (AvgIpc) is 2.43. The van der Waals surface area contributed by atoms with Crippen molar-refractivity contribution in [2.45, 2.75) is 12.1 Å². The minimum atomic E-state index is 0.241. The van der Waals surface area contributed by atoms with E-state index in [-0.39, 0.29) is 12.1 Å². The molecule has 3 nitrogen and oxygen atoms in total. The Balaban J connectivity index is 1.86. The Morgan fingerprint density at radius 1 is 0.950 bits per heavy atom. The molecule has 1 heterocycles. The lowest BCUT2D eigenvalue weighted by atomic mass is 9.93. The summed E-state index contributed by atoms with van der Waals surface area (Å²) in [5.74, 6) is 0. The van der Waals surface area contributed by atoms with Crippen LogP contribution in [-0.2, 0) is 0 Å². The minimum Gasteiger partial charge on any atom is -0.314 e. The highest BCUT2D eigenvalue weighted by Crippen LogP contribution is 2.32. The smallest absolute Gasteiger partial charge is 0.0602 e. The molecule has 3 heteroatoms. The zero-order chi connectivity index (χ0) is 13.9. The van der Waals surface area contributed by atoms with Gasteiger partial charge in [0, 0.05) is 20.1 Å². The Morgan fingerprint density at radius 2 is 1.40 bits per heavy atom. The van der Waals surface area contributed by atoms with Gasteiger partial charge in [-0.2, -0.15) is 5.06 Å².